The van der Waals surface area contributed by atoms with Crippen molar-refractivity contribution < 1.29 is 0 Å². The molecular formula is C22H35ClIN7. The first-order chi connectivity index (χ1) is 14.7. The maximum absolute atomic E-state index is 6.27. The predicted molar refractivity (Wildman–Crippen MR) is 138 cm³/mol. The van der Waals surface area contributed by atoms with Gasteiger partial charge in [0.05, 0.1) is 0 Å². The highest BCUT2D eigenvalue weighted by Crippen LogP contribution is 2.36. The van der Waals surface area contributed by atoms with Gasteiger partial charge in [-0.25, -0.2) is 0 Å². The second-order valence-corrected chi connectivity index (χ2v) is 8.37. The van der Waals surface area contributed by atoms with E-state index in [0.717, 1.165) is 56.5 Å². The summed E-state index contributed by atoms with van der Waals surface area (Å²) in [6, 6.07) is 8.63. The van der Waals surface area contributed by atoms with Gasteiger partial charge in [0.1, 0.15) is 12.7 Å². The van der Waals surface area contributed by atoms with Crippen LogP contribution in [0.15, 0.2) is 41.9 Å². The normalized spacial score (nSPS) is 19.6. The van der Waals surface area contributed by atoms with Gasteiger partial charge in [-0.2, -0.15) is 0 Å². The Morgan fingerprint density at radius 1 is 1.23 bits per heavy atom. The molecule has 2 aromatic rings. The van der Waals surface area contributed by atoms with Gasteiger partial charge in [-0.05, 0) is 69.8 Å². The molecule has 0 radical (unpaired) electrons. The van der Waals surface area contributed by atoms with Gasteiger partial charge in [0.25, 0.3) is 0 Å². The van der Waals surface area contributed by atoms with Gasteiger partial charge in [-0.1, -0.05) is 23.7 Å². The molecule has 2 N–H and O–H groups in total. The van der Waals surface area contributed by atoms with E-state index in [0.29, 0.717) is 12.0 Å². The van der Waals surface area contributed by atoms with Crippen molar-refractivity contribution in [1.29, 1.82) is 0 Å². The Morgan fingerprint density at radius 2 is 2.03 bits per heavy atom. The van der Waals surface area contributed by atoms with Crippen molar-refractivity contribution in [1.82, 2.24) is 30.3 Å². The van der Waals surface area contributed by atoms with Crippen molar-refractivity contribution >= 4 is 41.5 Å². The Balaban J connectivity index is 0.00000341. The smallest absolute Gasteiger partial charge is 0.191 e. The molecule has 172 valence electrons. The fourth-order valence-corrected chi connectivity index (χ4v) is 4.38. The molecular weight excluding hydrogens is 525 g/mol. The monoisotopic (exact) mass is 559 g/mol. The SMILES string of the molecule is CCNC(=NCC1CCCN(C)C1c1cccc(Cl)c1)NCCCCn1cnnc1.I. The van der Waals surface area contributed by atoms with Crippen LogP contribution in [-0.4, -0.2) is 58.9 Å². The minimum absolute atomic E-state index is 0. The lowest BCUT2D eigenvalue weighted by Gasteiger charge is -2.39. The van der Waals surface area contributed by atoms with Crippen LogP contribution in [0.1, 0.15) is 44.2 Å². The molecule has 1 aliphatic rings. The third-order valence-electron chi connectivity index (χ3n) is 5.63. The number of guanidine groups is 1. The van der Waals surface area contributed by atoms with E-state index in [4.69, 9.17) is 16.6 Å². The van der Waals surface area contributed by atoms with E-state index in [1.807, 2.05) is 16.7 Å². The van der Waals surface area contributed by atoms with E-state index in [2.05, 4.69) is 51.8 Å². The number of nitrogens with zero attached hydrogens (tertiary/aromatic N) is 5. The third kappa shape index (κ3) is 8.23. The average molecular weight is 560 g/mol. The first kappa shape index (κ1) is 25.9. The molecule has 3 rings (SSSR count). The Labute approximate surface area is 208 Å². The minimum atomic E-state index is 0. The molecule has 2 unspecified atom stereocenters. The number of aliphatic imine (C=N–C) groups is 1. The van der Waals surface area contributed by atoms with Crippen LogP contribution in [0.4, 0.5) is 0 Å². The van der Waals surface area contributed by atoms with Crippen LogP contribution in [0.3, 0.4) is 0 Å². The van der Waals surface area contributed by atoms with Gasteiger partial charge in [-0.15, -0.1) is 34.2 Å². The van der Waals surface area contributed by atoms with Gasteiger partial charge in [-0.3, -0.25) is 9.89 Å². The molecule has 1 fully saturated rings. The molecule has 2 heterocycles. The van der Waals surface area contributed by atoms with Crippen LogP contribution in [0.25, 0.3) is 0 Å². The average Bonchev–Trinajstić information content (AvgIpc) is 3.25. The zero-order chi connectivity index (χ0) is 21.2. The van der Waals surface area contributed by atoms with Crippen molar-refractivity contribution in [2.45, 2.75) is 45.2 Å². The van der Waals surface area contributed by atoms with Gasteiger partial charge >= 0.3 is 0 Å². The van der Waals surface area contributed by atoms with Crippen molar-refractivity contribution in [3.8, 4) is 0 Å². The summed E-state index contributed by atoms with van der Waals surface area (Å²) in [5, 5.41) is 15.3. The molecule has 7 nitrogen and oxygen atoms in total. The highest BCUT2D eigenvalue weighted by atomic mass is 127. The summed E-state index contributed by atoms with van der Waals surface area (Å²) in [5.41, 5.74) is 1.29. The number of benzene rings is 1. The minimum Gasteiger partial charge on any atom is -0.357 e. The number of rotatable bonds is 9. The zero-order valence-corrected chi connectivity index (χ0v) is 21.6. The van der Waals surface area contributed by atoms with E-state index >= 15 is 0 Å². The highest BCUT2D eigenvalue weighted by molar-refractivity contribution is 14.0. The maximum Gasteiger partial charge on any atom is 0.191 e. The molecule has 1 aromatic carbocycles. The lowest BCUT2D eigenvalue weighted by Crippen LogP contribution is -2.40. The molecule has 1 aromatic heterocycles. The molecule has 0 spiro atoms. The van der Waals surface area contributed by atoms with Gasteiger partial charge in [0.2, 0.25) is 0 Å². The quantitative estimate of drug-likeness (QED) is 0.211. The highest BCUT2D eigenvalue weighted by Gasteiger charge is 2.30. The lowest BCUT2D eigenvalue weighted by molar-refractivity contribution is 0.125. The lowest BCUT2D eigenvalue weighted by atomic mass is 9.85. The van der Waals surface area contributed by atoms with Gasteiger partial charge in [0.15, 0.2) is 5.96 Å². The molecule has 2 atom stereocenters. The molecule has 0 amide bonds. The van der Waals surface area contributed by atoms with E-state index < -0.39 is 0 Å². The number of aromatic nitrogens is 3. The number of hydrogen-bond acceptors (Lipinski definition) is 4. The molecule has 0 bridgehead atoms. The van der Waals surface area contributed by atoms with E-state index in [-0.39, 0.29) is 24.0 Å². The Morgan fingerprint density at radius 3 is 2.77 bits per heavy atom. The number of likely N-dealkylation sites (tertiary alicyclic amines) is 1. The van der Waals surface area contributed by atoms with Crippen LogP contribution in [0.5, 0.6) is 0 Å². The van der Waals surface area contributed by atoms with E-state index in [1.54, 1.807) is 12.7 Å². The summed E-state index contributed by atoms with van der Waals surface area (Å²) < 4.78 is 2.01. The Bertz CT molecular complexity index is 784. The number of unbranched alkanes of at least 4 members (excludes halogenated alkanes) is 1. The van der Waals surface area contributed by atoms with Crippen LogP contribution >= 0.6 is 35.6 Å². The van der Waals surface area contributed by atoms with Crippen LogP contribution in [0.2, 0.25) is 5.02 Å². The summed E-state index contributed by atoms with van der Waals surface area (Å²) in [4.78, 5) is 7.37. The summed E-state index contributed by atoms with van der Waals surface area (Å²) >= 11 is 6.27. The first-order valence-electron chi connectivity index (χ1n) is 11.0. The zero-order valence-electron chi connectivity index (χ0n) is 18.5. The largest absolute Gasteiger partial charge is 0.357 e. The molecule has 1 aliphatic heterocycles. The number of aryl methyl sites for hydroxylation is 1. The predicted octanol–water partition coefficient (Wildman–Crippen LogP) is 3.97. The van der Waals surface area contributed by atoms with Crippen molar-refractivity contribution in [3.63, 3.8) is 0 Å². The maximum atomic E-state index is 6.27. The van der Waals surface area contributed by atoms with Gasteiger partial charge in [0, 0.05) is 37.2 Å². The van der Waals surface area contributed by atoms with Crippen molar-refractivity contribution in [2.75, 3.05) is 33.2 Å². The third-order valence-corrected chi connectivity index (χ3v) is 5.86. The summed E-state index contributed by atoms with van der Waals surface area (Å²) in [6.07, 6.45) is 8.06. The summed E-state index contributed by atoms with van der Waals surface area (Å²) in [7, 11) is 2.21. The van der Waals surface area contributed by atoms with E-state index in [1.165, 1.54) is 18.4 Å². The number of hydrogen-bond donors (Lipinski definition) is 2. The van der Waals surface area contributed by atoms with Crippen LogP contribution in [-0.2, 0) is 6.54 Å². The number of halogens is 2. The summed E-state index contributed by atoms with van der Waals surface area (Å²) in [6.45, 7) is 6.72. The fourth-order valence-electron chi connectivity index (χ4n) is 4.18. The fraction of sp³-hybridized carbons (Fsp3) is 0.591. The number of nitrogens with one attached hydrogen (secondary N) is 2. The second-order valence-electron chi connectivity index (χ2n) is 7.94. The van der Waals surface area contributed by atoms with Crippen LogP contribution < -0.4 is 10.6 Å². The molecule has 0 aliphatic carbocycles. The molecule has 1 saturated heterocycles. The van der Waals surface area contributed by atoms with Crippen molar-refractivity contribution in [2.24, 2.45) is 10.9 Å². The topological polar surface area (TPSA) is 70.4 Å². The standard InChI is InChI=1S/C22H34ClN7.HI/c1-3-24-22(25-11-4-5-13-30-16-27-28-17-30)26-15-19-9-7-12-29(2)21(19)18-8-6-10-20(23)14-18;/h6,8,10,14,16-17,19,21H,3-5,7,9,11-13,15H2,1-2H3,(H2,24,25,26);1H. The van der Waals surface area contributed by atoms with E-state index in [9.17, 15) is 0 Å². The van der Waals surface area contributed by atoms with Crippen molar-refractivity contribution in [3.05, 3.63) is 47.5 Å². The van der Waals surface area contributed by atoms with Gasteiger partial charge < -0.3 is 15.2 Å². The molecule has 31 heavy (non-hydrogen) atoms. The Hall–Kier alpha value is -1.39. The number of piperidine rings is 1. The first-order valence-corrected chi connectivity index (χ1v) is 11.4. The Kier molecular flexibility index (Phi) is 11.6. The summed E-state index contributed by atoms with van der Waals surface area (Å²) in [5.74, 6) is 1.38. The second kappa shape index (κ2) is 13.9. The molecule has 0 saturated carbocycles. The van der Waals surface area contributed by atoms with Crippen LogP contribution in [0, 0.1) is 5.92 Å². The molecule has 9 heteroatoms.